The molecule has 1 amide bonds. The maximum atomic E-state index is 11.9. The molecular weight excluding hydrogens is 310 g/mol. The number of carbonyl (C=O) groups is 2. The van der Waals surface area contributed by atoms with E-state index in [-0.39, 0.29) is 5.69 Å². The van der Waals surface area contributed by atoms with Gasteiger partial charge in [-0.25, -0.2) is 14.2 Å². The number of aromatic nitrogens is 1. The largest absolute Gasteiger partial charge is 0.464 e. The molecule has 7 heteroatoms. The van der Waals surface area contributed by atoms with Crippen molar-refractivity contribution < 1.29 is 19.4 Å². The third-order valence-electron chi connectivity index (χ3n) is 4.11. The van der Waals surface area contributed by atoms with Gasteiger partial charge in [-0.1, -0.05) is 6.07 Å². The van der Waals surface area contributed by atoms with Crippen molar-refractivity contribution >= 4 is 17.9 Å². The molecule has 7 nitrogen and oxygen atoms in total. The number of ether oxygens (including phenoxy) is 1. The zero-order chi connectivity index (χ0) is 17.6. The fourth-order valence-electron chi connectivity index (χ4n) is 2.87. The fourth-order valence-corrected chi connectivity index (χ4v) is 2.87. The third-order valence-corrected chi connectivity index (χ3v) is 4.11. The van der Waals surface area contributed by atoms with Gasteiger partial charge < -0.3 is 9.84 Å². The average molecular weight is 325 g/mol. The molecule has 1 aromatic carbocycles. The van der Waals surface area contributed by atoms with Gasteiger partial charge in [0.05, 0.1) is 11.4 Å². The standard InChI is InChI=1S/C17H15N3O4/c1-17(2)12-8-10(4-6-14(12)19(3)16(23)24-17)13-7-5-11(9-18)20(13)15(21)22/h4-8H,1-3H3,(H,21,22). The van der Waals surface area contributed by atoms with Crippen LogP contribution in [0.5, 0.6) is 0 Å². The number of rotatable bonds is 1. The van der Waals surface area contributed by atoms with Crippen molar-refractivity contribution in [2.75, 3.05) is 11.9 Å². The molecule has 1 aromatic heterocycles. The molecule has 0 saturated carbocycles. The van der Waals surface area contributed by atoms with Crippen molar-refractivity contribution in [3.05, 3.63) is 41.6 Å². The Hall–Kier alpha value is -3.27. The van der Waals surface area contributed by atoms with E-state index >= 15 is 0 Å². The number of hydrogen-bond donors (Lipinski definition) is 1. The molecule has 3 rings (SSSR count). The lowest BCUT2D eigenvalue weighted by molar-refractivity contribution is 0.0362. The summed E-state index contributed by atoms with van der Waals surface area (Å²) in [5.41, 5.74) is 1.67. The quantitative estimate of drug-likeness (QED) is 0.867. The molecule has 0 bridgehead atoms. The first-order valence-electron chi connectivity index (χ1n) is 7.23. The van der Waals surface area contributed by atoms with Gasteiger partial charge in [0.1, 0.15) is 17.4 Å². The van der Waals surface area contributed by atoms with Crippen molar-refractivity contribution in [2.24, 2.45) is 0 Å². The van der Waals surface area contributed by atoms with Crippen LogP contribution in [0.15, 0.2) is 30.3 Å². The van der Waals surface area contributed by atoms with E-state index in [1.807, 2.05) is 6.07 Å². The Balaban J connectivity index is 2.21. The van der Waals surface area contributed by atoms with Crippen LogP contribution in [0.3, 0.4) is 0 Å². The Labute approximate surface area is 138 Å². The maximum absolute atomic E-state index is 11.9. The normalized spacial score (nSPS) is 15.4. The van der Waals surface area contributed by atoms with Crippen LogP contribution in [-0.4, -0.2) is 28.9 Å². The number of hydrogen-bond acceptors (Lipinski definition) is 4. The van der Waals surface area contributed by atoms with E-state index in [0.29, 0.717) is 16.9 Å². The lowest BCUT2D eigenvalue weighted by atomic mass is 9.92. The molecule has 24 heavy (non-hydrogen) atoms. The fraction of sp³-hybridized carbons (Fsp3) is 0.235. The first kappa shape index (κ1) is 15.6. The second-order valence-corrected chi connectivity index (χ2v) is 6.00. The van der Waals surface area contributed by atoms with Gasteiger partial charge in [0.2, 0.25) is 0 Å². The van der Waals surface area contributed by atoms with Crippen LogP contribution in [-0.2, 0) is 10.3 Å². The van der Waals surface area contributed by atoms with Crippen LogP contribution in [0.2, 0.25) is 0 Å². The minimum atomic E-state index is -1.23. The molecule has 1 aliphatic rings. The predicted molar refractivity (Wildman–Crippen MR) is 85.9 cm³/mol. The number of nitrogens with zero attached hydrogens (tertiary/aromatic N) is 3. The summed E-state index contributed by atoms with van der Waals surface area (Å²) in [6, 6.07) is 10.2. The van der Waals surface area contributed by atoms with E-state index in [2.05, 4.69) is 0 Å². The van der Waals surface area contributed by atoms with Gasteiger partial charge in [0.15, 0.2) is 0 Å². The van der Waals surface area contributed by atoms with Gasteiger partial charge in [0.25, 0.3) is 0 Å². The van der Waals surface area contributed by atoms with Crippen molar-refractivity contribution in [3.8, 4) is 17.3 Å². The first-order valence-corrected chi connectivity index (χ1v) is 7.23. The number of fused-ring (bicyclic) bond motifs is 1. The second-order valence-electron chi connectivity index (χ2n) is 6.00. The molecule has 2 heterocycles. The second kappa shape index (κ2) is 5.13. The zero-order valence-electron chi connectivity index (χ0n) is 13.4. The third kappa shape index (κ3) is 2.20. The monoisotopic (exact) mass is 325 g/mol. The molecule has 0 unspecified atom stereocenters. The molecule has 1 aliphatic heterocycles. The minimum Gasteiger partial charge on any atom is -0.464 e. The Morgan fingerprint density at radius 2 is 2.00 bits per heavy atom. The highest BCUT2D eigenvalue weighted by Crippen LogP contribution is 2.40. The number of benzene rings is 1. The summed E-state index contributed by atoms with van der Waals surface area (Å²) in [4.78, 5) is 24.8. The number of amides is 1. The number of cyclic esters (lactones) is 1. The number of anilines is 1. The van der Waals surface area contributed by atoms with Gasteiger partial charge in [-0.15, -0.1) is 0 Å². The molecule has 0 spiro atoms. The summed E-state index contributed by atoms with van der Waals surface area (Å²) >= 11 is 0. The molecule has 0 saturated heterocycles. The number of carboxylic acid groups (broad SMARTS) is 1. The van der Waals surface area contributed by atoms with E-state index in [1.54, 1.807) is 45.2 Å². The lowest BCUT2D eigenvalue weighted by Gasteiger charge is -2.37. The Morgan fingerprint density at radius 3 is 2.62 bits per heavy atom. The summed E-state index contributed by atoms with van der Waals surface area (Å²) in [6.07, 6.45) is -1.67. The summed E-state index contributed by atoms with van der Waals surface area (Å²) in [5.74, 6) is 0. The predicted octanol–water partition coefficient (Wildman–Crippen LogP) is 3.37. The van der Waals surface area contributed by atoms with Crippen LogP contribution in [0.25, 0.3) is 11.3 Å². The van der Waals surface area contributed by atoms with Crippen molar-refractivity contribution in [3.63, 3.8) is 0 Å². The molecule has 2 aromatic rings. The molecule has 122 valence electrons. The minimum absolute atomic E-state index is 0.0398. The van der Waals surface area contributed by atoms with E-state index in [0.717, 1.165) is 10.1 Å². The average Bonchev–Trinajstić information content (AvgIpc) is 2.96. The van der Waals surface area contributed by atoms with Crippen LogP contribution in [0.1, 0.15) is 25.1 Å². The number of nitriles is 1. The highest BCUT2D eigenvalue weighted by molar-refractivity contribution is 5.92. The van der Waals surface area contributed by atoms with Crippen molar-refractivity contribution in [1.82, 2.24) is 4.57 Å². The van der Waals surface area contributed by atoms with E-state index in [9.17, 15) is 14.7 Å². The molecule has 0 fully saturated rings. The highest BCUT2D eigenvalue weighted by Gasteiger charge is 2.37. The van der Waals surface area contributed by atoms with Gasteiger partial charge in [0, 0.05) is 12.6 Å². The van der Waals surface area contributed by atoms with Crippen LogP contribution < -0.4 is 4.90 Å². The number of carbonyl (C=O) groups excluding carboxylic acids is 1. The van der Waals surface area contributed by atoms with E-state index in [4.69, 9.17) is 10.00 Å². The van der Waals surface area contributed by atoms with Crippen molar-refractivity contribution in [1.29, 1.82) is 5.26 Å². The van der Waals surface area contributed by atoms with Crippen LogP contribution in [0, 0.1) is 11.3 Å². The van der Waals surface area contributed by atoms with Crippen molar-refractivity contribution in [2.45, 2.75) is 19.4 Å². The van der Waals surface area contributed by atoms with E-state index in [1.165, 1.54) is 11.0 Å². The van der Waals surface area contributed by atoms with Gasteiger partial charge in [-0.05, 0) is 43.7 Å². The van der Waals surface area contributed by atoms with Gasteiger partial charge in [-0.3, -0.25) is 4.90 Å². The Kier molecular flexibility index (Phi) is 3.34. The lowest BCUT2D eigenvalue weighted by Crippen LogP contribution is -2.41. The maximum Gasteiger partial charge on any atom is 0.417 e. The summed E-state index contributed by atoms with van der Waals surface area (Å²) in [5, 5.41) is 18.4. The molecule has 1 N–H and O–H groups in total. The summed E-state index contributed by atoms with van der Waals surface area (Å²) in [7, 11) is 1.61. The summed E-state index contributed by atoms with van der Waals surface area (Å²) in [6.45, 7) is 3.55. The van der Waals surface area contributed by atoms with E-state index < -0.39 is 17.8 Å². The smallest absolute Gasteiger partial charge is 0.417 e. The summed E-state index contributed by atoms with van der Waals surface area (Å²) < 4.78 is 6.36. The molecular formula is C17H15N3O4. The van der Waals surface area contributed by atoms with Gasteiger partial charge in [-0.2, -0.15) is 5.26 Å². The SMILES string of the molecule is CN1C(=O)OC(C)(C)c2cc(-c3ccc(C#N)n3C(=O)O)ccc21. The Bertz CT molecular complexity index is 905. The molecule has 0 aliphatic carbocycles. The highest BCUT2D eigenvalue weighted by atomic mass is 16.6. The van der Waals surface area contributed by atoms with Crippen LogP contribution >= 0.6 is 0 Å². The molecule has 0 radical (unpaired) electrons. The molecule has 0 atom stereocenters. The first-order chi connectivity index (χ1) is 11.3. The van der Waals surface area contributed by atoms with Crippen LogP contribution in [0.4, 0.5) is 15.3 Å². The topological polar surface area (TPSA) is 95.6 Å². The Morgan fingerprint density at radius 1 is 1.29 bits per heavy atom. The van der Waals surface area contributed by atoms with Gasteiger partial charge >= 0.3 is 12.2 Å². The zero-order valence-corrected chi connectivity index (χ0v) is 13.4.